The molecule has 1 aliphatic rings. The minimum atomic E-state index is 0.300. The Morgan fingerprint density at radius 1 is 1.30 bits per heavy atom. The van der Waals surface area contributed by atoms with Crippen molar-refractivity contribution in [2.75, 3.05) is 13.7 Å². The summed E-state index contributed by atoms with van der Waals surface area (Å²) in [6.45, 7) is 7.64. The number of rotatable bonds is 6. The lowest BCUT2D eigenvalue weighted by Gasteiger charge is -2.36. The molecule has 3 heteroatoms. The molecule has 2 rings (SSSR count). The average molecular weight is 277 g/mol. The quantitative estimate of drug-likeness (QED) is 0.854. The monoisotopic (exact) mass is 277 g/mol. The minimum absolute atomic E-state index is 0.300. The number of fused-ring (bicyclic) bond motifs is 1. The average Bonchev–Trinajstić information content (AvgIpc) is 2.48. The van der Waals surface area contributed by atoms with Crippen LogP contribution in [0.25, 0.3) is 0 Å². The molecule has 3 nitrogen and oxygen atoms in total. The Balaban J connectivity index is 2.29. The molecule has 2 unspecified atom stereocenters. The van der Waals surface area contributed by atoms with E-state index in [-0.39, 0.29) is 0 Å². The summed E-state index contributed by atoms with van der Waals surface area (Å²) in [7, 11) is 1.70. The van der Waals surface area contributed by atoms with Crippen LogP contribution in [0.1, 0.15) is 51.6 Å². The molecule has 1 aromatic carbocycles. The van der Waals surface area contributed by atoms with Gasteiger partial charge in [-0.2, -0.15) is 0 Å². The van der Waals surface area contributed by atoms with E-state index in [9.17, 15) is 0 Å². The van der Waals surface area contributed by atoms with Gasteiger partial charge in [0, 0.05) is 24.1 Å². The van der Waals surface area contributed by atoms with Crippen molar-refractivity contribution in [2.45, 2.75) is 52.2 Å². The van der Waals surface area contributed by atoms with E-state index in [1.807, 2.05) is 12.1 Å². The van der Waals surface area contributed by atoms with Crippen LogP contribution >= 0.6 is 0 Å². The first-order valence-corrected chi connectivity index (χ1v) is 7.81. The number of ether oxygens (including phenoxy) is 2. The van der Waals surface area contributed by atoms with Gasteiger partial charge in [-0.3, -0.25) is 0 Å². The predicted molar refractivity (Wildman–Crippen MR) is 82.5 cm³/mol. The molecule has 0 amide bonds. The lowest BCUT2D eigenvalue weighted by Crippen LogP contribution is -2.37. The molecule has 0 fully saturated rings. The number of methoxy groups -OCH3 is 1. The van der Waals surface area contributed by atoms with Crippen LogP contribution in [0.15, 0.2) is 18.2 Å². The van der Waals surface area contributed by atoms with Crippen molar-refractivity contribution >= 4 is 0 Å². The van der Waals surface area contributed by atoms with E-state index >= 15 is 0 Å². The summed E-state index contributed by atoms with van der Waals surface area (Å²) in [6.07, 6.45) is 3.69. The van der Waals surface area contributed by atoms with Gasteiger partial charge in [-0.05, 0) is 31.4 Å². The molecule has 20 heavy (non-hydrogen) atoms. The van der Waals surface area contributed by atoms with Crippen molar-refractivity contribution in [3.05, 3.63) is 23.8 Å². The summed E-state index contributed by atoms with van der Waals surface area (Å²) < 4.78 is 11.6. The molecule has 0 saturated heterocycles. The molecule has 112 valence electrons. The molecular formula is C17H27NO2. The van der Waals surface area contributed by atoms with Gasteiger partial charge in [0.25, 0.3) is 0 Å². The van der Waals surface area contributed by atoms with E-state index in [2.05, 4.69) is 32.2 Å². The number of benzene rings is 1. The van der Waals surface area contributed by atoms with Crippen LogP contribution in [0.2, 0.25) is 0 Å². The maximum absolute atomic E-state index is 6.27. The van der Waals surface area contributed by atoms with Gasteiger partial charge in [-0.1, -0.05) is 26.8 Å². The Hall–Kier alpha value is -1.22. The van der Waals surface area contributed by atoms with Crippen LogP contribution in [0.3, 0.4) is 0 Å². The van der Waals surface area contributed by atoms with E-state index in [1.165, 1.54) is 18.4 Å². The fourth-order valence-electron chi connectivity index (χ4n) is 3.14. The van der Waals surface area contributed by atoms with Crippen LogP contribution < -0.4 is 14.8 Å². The zero-order valence-corrected chi connectivity index (χ0v) is 13.1. The number of hydrogen-bond acceptors (Lipinski definition) is 3. The Bertz CT molecular complexity index is 429. The largest absolute Gasteiger partial charge is 0.497 e. The van der Waals surface area contributed by atoms with Crippen LogP contribution in [0.5, 0.6) is 11.5 Å². The van der Waals surface area contributed by atoms with Gasteiger partial charge in [-0.15, -0.1) is 0 Å². The molecule has 0 radical (unpaired) electrons. The van der Waals surface area contributed by atoms with E-state index in [1.54, 1.807) is 7.11 Å². The molecule has 1 heterocycles. The van der Waals surface area contributed by atoms with Gasteiger partial charge >= 0.3 is 0 Å². The third kappa shape index (κ3) is 3.09. The normalized spacial score (nSPS) is 21.4. The third-order valence-corrected chi connectivity index (χ3v) is 4.37. The second-order valence-corrected chi connectivity index (χ2v) is 5.48. The lowest BCUT2D eigenvalue weighted by atomic mass is 9.87. The van der Waals surface area contributed by atoms with Gasteiger partial charge in [-0.25, -0.2) is 0 Å². The van der Waals surface area contributed by atoms with E-state index < -0.39 is 0 Å². The highest BCUT2D eigenvalue weighted by Gasteiger charge is 2.31. The van der Waals surface area contributed by atoms with Crippen LogP contribution in [0, 0.1) is 5.92 Å². The van der Waals surface area contributed by atoms with Crippen molar-refractivity contribution in [2.24, 2.45) is 5.92 Å². The fourth-order valence-corrected chi connectivity index (χ4v) is 3.14. The molecule has 0 saturated carbocycles. The number of hydrogen-bond donors (Lipinski definition) is 1. The Labute approximate surface area is 122 Å². The summed E-state index contributed by atoms with van der Waals surface area (Å²) >= 11 is 0. The van der Waals surface area contributed by atoms with E-state index in [0.29, 0.717) is 18.1 Å². The lowest BCUT2D eigenvalue weighted by molar-refractivity contribution is 0.0879. The summed E-state index contributed by atoms with van der Waals surface area (Å²) in [6, 6.07) is 6.56. The van der Waals surface area contributed by atoms with Gasteiger partial charge in [0.1, 0.15) is 17.6 Å². The predicted octanol–water partition coefficient (Wildman–Crippen LogP) is 3.93. The second-order valence-electron chi connectivity index (χ2n) is 5.48. The molecule has 1 N–H and O–H groups in total. The molecular weight excluding hydrogens is 250 g/mol. The maximum Gasteiger partial charge on any atom is 0.128 e. The van der Waals surface area contributed by atoms with Crippen molar-refractivity contribution in [1.82, 2.24) is 5.32 Å². The first-order valence-electron chi connectivity index (χ1n) is 7.81. The molecule has 1 aliphatic heterocycles. The van der Waals surface area contributed by atoms with E-state index in [4.69, 9.17) is 9.47 Å². The first kappa shape index (κ1) is 15.2. The Morgan fingerprint density at radius 2 is 2.05 bits per heavy atom. The molecule has 0 aliphatic carbocycles. The zero-order valence-electron chi connectivity index (χ0n) is 13.1. The standard InChI is InChI=1S/C17H27NO2/c1-5-12(6-2)16-11-15(18-7-3)14-9-8-13(19-4)10-17(14)20-16/h8-10,12,15-16,18H,5-7,11H2,1-4H3. The molecule has 0 bridgehead atoms. The number of nitrogens with one attached hydrogen (secondary N) is 1. The minimum Gasteiger partial charge on any atom is -0.497 e. The summed E-state index contributed by atoms with van der Waals surface area (Å²) in [5, 5.41) is 3.59. The first-order chi connectivity index (χ1) is 9.73. The van der Waals surface area contributed by atoms with Gasteiger partial charge in [0.15, 0.2) is 0 Å². The highest BCUT2D eigenvalue weighted by atomic mass is 16.5. The summed E-state index contributed by atoms with van der Waals surface area (Å²) in [4.78, 5) is 0. The Morgan fingerprint density at radius 3 is 2.65 bits per heavy atom. The van der Waals surface area contributed by atoms with E-state index in [0.717, 1.165) is 24.5 Å². The van der Waals surface area contributed by atoms with Crippen LogP contribution in [0.4, 0.5) is 0 Å². The molecule has 0 spiro atoms. The molecule has 1 aromatic rings. The Kier molecular flexibility index (Phi) is 5.30. The highest BCUT2D eigenvalue weighted by Crippen LogP contribution is 2.40. The topological polar surface area (TPSA) is 30.5 Å². The van der Waals surface area contributed by atoms with Crippen molar-refractivity contribution in [1.29, 1.82) is 0 Å². The fraction of sp³-hybridized carbons (Fsp3) is 0.647. The van der Waals surface area contributed by atoms with Gasteiger partial charge in [0.2, 0.25) is 0 Å². The second kappa shape index (κ2) is 6.98. The third-order valence-electron chi connectivity index (χ3n) is 4.37. The highest BCUT2D eigenvalue weighted by molar-refractivity contribution is 5.44. The molecule has 0 aromatic heterocycles. The van der Waals surface area contributed by atoms with Crippen molar-refractivity contribution in [3.8, 4) is 11.5 Å². The van der Waals surface area contributed by atoms with Gasteiger partial charge in [0.05, 0.1) is 7.11 Å². The van der Waals surface area contributed by atoms with Crippen LogP contribution in [-0.4, -0.2) is 19.8 Å². The van der Waals surface area contributed by atoms with Gasteiger partial charge < -0.3 is 14.8 Å². The summed E-state index contributed by atoms with van der Waals surface area (Å²) in [5.74, 6) is 2.47. The SMILES string of the molecule is CCNC1CC(C(CC)CC)Oc2cc(OC)ccc21. The van der Waals surface area contributed by atoms with Crippen LogP contribution in [-0.2, 0) is 0 Å². The summed E-state index contributed by atoms with van der Waals surface area (Å²) in [5.41, 5.74) is 1.26. The smallest absolute Gasteiger partial charge is 0.128 e. The van der Waals surface area contributed by atoms with Crippen molar-refractivity contribution in [3.63, 3.8) is 0 Å². The van der Waals surface area contributed by atoms with Crippen molar-refractivity contribution < 1.29 is 9.47 Å². The maximum atomic E-state index is 6.27. The zero-order chi connectivity index (χ0) is 14.5. The molecule has 2 atom stereocenters.